The van der Waals surface area contributed by atoms with E-state index in [1.165, 1.54) is 0 Å². The van der Waals surface area contributed by atoms with Gasteiger partial charge in [-0.1, -0.05) is 18.2 Å². The molecule has 2 aromatic rings. The van der Waals surface area contributed by atoms with Gasteiger partial charge in [-0.25, -0.2) is 0 Å². The predicted octanol–water partition coefficient (Wildman–Crippen LogP) is 2.42. The molecule has 6 heteroatoms. The number of rotatable bonds is 4. The monoisotopic (exact) mass is 377 g/mol. The van der Waals surface area contributed by atoms with Crippen LogP contribution in [0.25, 0.3) is 11.1 Å². The molecule has 2 heterocycles. The van der Waals surface area contributed by atoms with Gasteiger partial charge in [-0.3, -0.25) is 9.69 Å². The number of hydrogen-bond acceptors (Lipinski definition) is 5. The van der Waals surface area contributed by atoms with Crippen LogP contribution >= 0.6 is 0 Å². The quantitative estimate of drug-likeness (QED) is 0.819. The van der Waals surface area contributed by atoms with Crippen molar-refractivity contribution >= 4 is 11.6 Å². The minimum Gasteiger partial charge on any atom is -0.379 e. The summed E-state index contributed by atoms with van der Waals surface area (Å²) in [6, 6.07) is 15.8. The Kier molecular flexibility index (Phi) is 5.68. The van der Waals surface area contributed by atoms with Gasteiger partial charge >= 0.3 is 0 Å². The summed E-state index contributed by atoms with van der Waals surface area (Å²) in [5, 5.41) is 9.14. The average Bonchev–Trinajstić information content (AvgIpc) is 2.90. The second kappa shape index (κ2) is 8.53. The summed E-state index contributed by atoms with van der Waals surface area (Å²) in [4.78, 5) is 16.8. The van der Waals surface area contributed by atoms with Crippen molar-refractivity contribution in [2.75, 3.05) is 50.9 Å². The first-order chi connectivity index (χ1) is 13.7. The van der Waals surface area contributed by atoms with Crippen LogP contribution in [0.15, 0.2) is 42.5 Å². The number of nitrogens with zero attached hydrogens (tertiary/aromatic N) is 3. The fourth-order valence-electron chi connectivity index (χ4n) is 3.68. The Hall–Kier alpha value is -2.72. The van der Waals surface area contributed by atoms with Crippen molar-refractivity contribution in [3.8, 4) is 17.2 Å². The van der Waals surface area contributed by atoms with Gasteiger partial charge in [0.1, 0.15) is 6.61 Å². The van der Waals surface area contributed by atoms with Crippen LogP contribution in [-0.4, -0.2) is 56.8 Å². The Bertz CT molecular complexity index is 900. The van der Waals surface area contributed by atoms with Crippen LogP contribution in [0.3, 0.4) is 0 Å². The van der Waals surface area contributed by atoms with Crippen molar-refractivity contribution in [2.45, 2.75) is 6.61 Å². The number of fused-ring (bicyclic) bond motifs is 1. The van der Waals surface area contributed by atoms with Gasteiger partial charge in [-0.15, -0.1) is 0 Å². The van der Waals surface area contributed by atoms with Crippen LogP contribution in [-0.2, 0) is 20.9 Å². The first-order valence-corrected chi connectivity index (χ1v) is 9.56. The van der Waals surface area contributed by atoms with Crippen LogP contribution in [0.1, 0.15) is 11.1 Å². The summed E-state index contributed by atoms with van der Waals surface area (Å²) in [7, 11) is 0. The van der Waals surface area contributed by atoms with Crippen LogP contribution in [0.5, 0.6) is 0 Å². The van der Waals surface area contributed by atoms with Crippen molar-refractivity contribution < 1.29 is 14.3 Å². The summed E-state index contributed by atoms with van der Waals surface area (Å²) < 4.78 is 11.0. The summed E-state index contributed by atoms with van der Waals surface area (Å²) in [5.74, 6) is -0.00811. The topological polar surface area (TPSA) is 65.8 Å². The molecule has 0 saturated carbocycles. The molecule has 28 heavy (non-hydrogen) atoms. The second-order valence-corrected chi connectivity index (χ2v) is 7.03. The van der Waals surface area contributed by atoms with E-state index in [1.54, 1.807) is 6.07 Å². The van der Waals surface area contributed by atoms with Gasteiger partial charge in [0.2, 0.25) is 0 Å². The molecule has 0 spiro atoms. The molecule has 144 valence electrons. The minimum atomic E-state index is -0.00811. The van der Waals surface area contributed by atoms with E-state index in [0.717, 1.165) is 55.2 Å². The number of morpholine rings is 1. The number of carbonyl (C=O) groups is 1. The van der Waals surface area contributed by atoms with Gasteiger partial charge in [0.15, 0.2) is 0 Å². The Morgan fingerprint density at radius 2 is 1.79 bits per heavy atom. The molecule has 0 aromatic heterocycles. The van der Waals surface area contributed by atoms with Crippen molar-refractivity contribution in [1.82, 2.24) is 4.90 Å². The smallest absolute Gasteiger partial charge is 0.253 e. The van der Waals surface area contributed by atoms with E-state index >= 15 is 0 Å². The van der Waals surface area contributed by atoms with E-state index in [-0.39, 0.29) is 12.5 Å². The Labute approximate surface area is 164 Å². The lowest BCUT2D eigenvalue weighted by Gasteiger charge is -2.30. The number of anilines is 1. The molecule has 1 saturated heterocycles. The first kappa shape index (κ1) is 18.6. The van der Waals surface area contributed by atoms with Crippen molar-refractivity contribution in [1.29, 1.82) is 5.26 Å². The molecule has 0 radical (unpaired) electrons. The van der Waals surface area contributed by atoms with E-state index in [0.29, 0.717) is 18.7 Å². The summed E-state index contributed by atoms with van der Waals surface area (Å²) in [5.41, 5.74) is 4.54. The van der Waals surface area contributed by atoms with Gasteiger partial charge < -0.3 is 14.4 Å². The molecule has 0 unspecified atom stereocenters. The van der Waals surface area contributed by atoms with Crippen molar-refractivity contribution in [3.63, 3.8) is 0 Å². The molecular weight excluding hydrogens is 354 g/mol. The Morgan fingerprint density at radius 3 is 2.61 bits per heavy atom. The Balaban J connectivity index is 1.58. The zero-order valence-electron chi connectivity index (χ0n) is 15.8. The predicted molar refractivity (Wildman–Crippen MR) is 106 cm³/mol. The third-order valence-electron chi connectivity index (χ3n) is 5.22. The largest absolute Gasteiger partial charge is 0.379 e. The molecule has 0 bridgehead atoms. The molecule has 2 aliphatic heterocycles. The minimum absolute atomic E-state index is 0.00811. The maximum Gasteiger partial charge on any atom is 0.253 e. The lowest BCUT2D eigenvalue weighted by Crippen LogP contribution is -2.43. The van der Waals surface area contributed by atoms with Crippen molar-refractivity contribution in [2.24, 2.45) is 0 Å². The van der Waals surface area contributed by atoms with Gasteiger partial charge in [-0.2, -0.15) is 5.26 Å². The zero-order chi connectivity index (χ0) is 19.3. The molecule has 1 fully saturated rings. The molecule has 4 rings (SSSR count). The van der Waals surface area contributed by atoms with Crippen LogP contribution in [0, 0.1) is 11.3 Å². The zero-order valence-corrected chi connectivity index (χ0v) is 15.8. The average molecular weight is 377 g/mol. The molecule has 0 atom stereocenters. The maximum absolute atomic E-state index is 12.6. The highest BCUT2D eigenvalue weighted by Gasteiger charge is 2.24. The fraction of sp³-hybridized carbons (Fsp3) is 0.364. The summed E-state index contributed by atoms with van der Waals surface area (Å²) in [6.45, 7) is 5.26. The van der Waals surface area contributed by atoms with Crippen LogP contribution < -0.4 is 4.90 Å². The van der Waals surface area contributed by atoms with Gasteiger partial charge in [0, 0.05) is 37.4 Å². The number of carbonyl (C=O) groups excluding carboxylic acids is 1. The standard InChI is InChI=1S/C22H23N3O3/c23-14-17-2-1-3-18(12-17)19-4-5-21-20(13-19)15-28-16-22(26)25(21)7-6-24-8-10-27-11-9-24/h1-5,12-13H,6-11,15-16H2. The molecule has 0 N–H and O–H groups in total. The van der Waals surface area contributed by atoms with E-state index in [4.69, 9.17) is 14.7 Å². The number of benzene rings is 2. The number of hydrogen-bond donors (Lipinski definition) is 0. The summed E-state index contributed by atoms with van der Waals surface area (Å²) in [6.07, 6.45) is 0. The number of ether oxygens (including phenoxy) is 2. The van der Waals surface area contributed by atoms with E-state index in [1.807, 2.05) is 35.2 Å². The molecule has 0 aliphatic carbocycles. The Morgan fingerprint density at radius 1 is 0.964 bits per heavy atom. The van der Waals surface area contributed by atoms with Gasteiger partial charge in [-0.05, 0) is 35.4 Å². The molecule has 2 aliphatic rings. The van der Waals surface area contributed by atoms with E-state index < -0.39 is 0 Å². The lowest BCUT2D eigenvalue weighted by atomic mass is 10.00. The highest BCUT2D eigenvalue weighted by atomic mass is 16.5. The molecular formula is C22H23N3O3. The molecule has 1 amide bonds. The fourth-order valence-corrected chi connectivity index (χ4v) is 3.68. The second-order valence-electron chi connectivity index (χ2n) is 7.03. The van der Waals surface area contributed by atoms with Gasteiger partial charge in [0.05, 0.1) is 31.5 Å². The lowest BCUT2D eigenvalue weighted by molar-refractivity contribution is -0.123. The van der Waals surface area contributed by atoms with E-state index in [2.05, 4.69) is 17.0 Å². The van der Waals surface area contributed by atoms with Crippen LogP contribution in [0.4, 0.5) is 5.69 Å². The number of amides is 1. The normalized spacial score (nSPS) is 17.7. The highest BCUT2D eigenvalue weighted by molar-refractivity contribution is 5.96. The van der Waals surface area contributed by atoms with Crippen LogP contribution in [0.2, 0.25) is 0 Å². The highest BCUT2D eigenvalue weighted by Crippen LogP contribution is 2.30. The third-order valence-corrected chi connectivity index (χ3v) is 5.22. The first-order valence-electron chi connectivity index (χ1n) is 9.56. The SMILES string of the molecule is N#Cc1cccc(-c2ccc3c(c2)COCC(=O)N3CCN2CCOCC2)c1. The molecule has 6 nitrogen and oxygen atoms in total. The third kappa shape index (κ3) is 4.07. The van der Waals surface area contributed by atoms with Crippen molar-refractivity contribution in [3.05, 3.63) is 53.6 Å². The molecule has 2 aromatic carbocycles. The van der Waals surface area contributed by atoms with Gasteiger partial charge in [0.25, 0.3) is 5.91 Å². The van der Waals surface area contributed by atoms with E-state index in [9.17, 15) is 4.79 Å². The number of nitriles is 1. The maximum atomic E-state index is 12.6. The summed E-state index contributed by atoms with van der Waals surface area (Å²) >= 11 is 0.